The van der Waals surface area contributed by atoms with Gasteiger partial charge in [-0.25, -0.2) is 4.39 Å². The molecule has 1 aliphatic heterocycles. The molecule has 92 valence electrons. The summed E-state index contributed by atoms with van der Waals surface area (Å²) in [5, 5.41) is 0. The van der Waals surface area contributed by atoms with Crippen molar-refractivity contribution in [3.8, 4) is 5.75 Å². The van der Waals surface area contributed by atoms with Crippen LogP contribution in [0.25, 0.3) is 0 Å². The number of ether oxygens (including phenoxy) is 1. The molecule has 0 saturated carbocycles. The summed E-state index contributed by atoms with van der Waals surface area (Å²) in [6, 6.07) is 2.86. The van der Waals surface area contributed by atoms with Gasteiger partial charge in [0.05, 0.1) is 12.1 Å². The monoisotopic (exact) mass is 237 g/mol. The summed E-state index contributed by atoms with van der Waals surface area (Å²) < 4.78 is 19.4. The van der Waals surface area contributed by atoms with E-state index in [4.69, 9.17) is 10.5 Å². The largest absolute Gasteiger partial charge is 0.487 e. The second-order valence-corrected chi connectivity index (χ2v) is 4.93. The van der Waals surface area contributed by atoms with Crippen LogP contribution in [0.1, 0.15) is 36.2 Å². The van der Waals surface area contributed by atoms with Crippen molar-refractivity contribution in [3.05, 3.63) is 29.1 Å². The zero-order chi connectivity index (χ0) is 12.6. The van der Waals surface area contributed by atoms with Gasteiger partial charge >= 0.3 is 0 Å². The summed E-state index contributed by atoms with van der Waals surface area (Å²) in [6.45, 7) is 3.75. The highest BCUT2D eigenvalue weighted by Crippen LogP contribution is 2.34. The summed E-state index contributed by atoms with van der Waals surface area (Å²) in [4.78, 5) is 11.4. The number of benzene rings is 1. The van der Waals surface area contributed by atoms with Crippen molar-refractivity contribution in [1.82, 2.24) is 0 Å². The van der Waals surface area contributed by atoms with Crippen LogP contribution in [0.5, 0.6) is 5.75 Å². The van der Waals surface area contributed by atoms with Gasteiger partial charge in [0.2, 0.25) is 0 Å². The van der Waals surface area contributed by atoms with E-state index < -0.39 is 5.82 Å². The number of fused-ring (bicyclic) bond motifs is 1. The minimum absolute atomic E-state index is 0.0644. The van der Waals surface area contributed by atoms with Crippen molar-refractivity contribution in [2.45, 2.75) is 32.3 Å². The summed E-state index contributed by atoms with van der Waals surface area (Å²) in [5.74, 6) is -0.403. The van der Waals surface area contributed by atoms with Crippen LogP contribution in [0.3, 0.4) is 0 Å². The molecule has 0 bridgehead atoms. The summed E-state index contributed by atoms with van der Waals surface area (Å²) in [7, 11) is 0. The standard InChI is InChI=1S/C13H16FNO2/c1-13(2)4-3-8-5-9(11(16)7-15)10(14)6-12(8)17-13/h5-6H,3-4,7,15H2,1-2H3. The van der Waals surface area contributed by atoms with Crippen LogP contribution < -0.4 is 10.5 Å². The lowest BCUT2D eigenvalue weighted by Crippen LogP contribution is -2.32. The zero-order valence-corrected chi connectivity index (χ0v) is 10.0. The summed E-state index contributed by atoms with van der Waals surface area (Å²) in [6.07, 6.45) is 1.63. The maximum absolute atomic E-state index is 13.7. The van der Waals surface area contributed by atoms with E-state index in [0.717, 1.165) is 18.4 Å². The summed E-state index contributed by atoms with van der Waals surface area (Å²) in [5.41, 5.74) is 5.91. The normalized spacial score (nSPS) is 17.2. The number of rotatable bonds is 2. The molecule has 0 spiro atoms. The predicted molar refractivity (Wildman–Crippen MR) is 62.8 cm³/mol. The first-order valence-corrected chi connectivity index (χ1v) is 5.67. The molecule has 0 saturated heterocycles. The molecule has 1 aliphatic rings. The molecule has 4 heteroatoms. The first-order valence-electron chi connectivity index (χ1n) is 5.67. The Morgan fingerprint density at radius 3 is 2.88 bits per heavy atom. The Morgan fingerprint density at radius 1 is 1.53 bits per heavy atom. The number of carbonyl (C=O) groups is 1. The van der Waals surface area contributed by atoms with Gasteiger partial charge in [-0.15, -0.1) is 0 Å². The van der Waals surface area contributed by atoms with Gasteiger partial charge in [0, 0.05) is 6.07 Å². The third kappa shape index (κ3) is 2.31. The molecule has 2 N–H and O–H groups in total. The van der Waals surface area contributed by atoms with Gasteiger partial charge in [-0.2, -0.15) is 0 Å². The SMILES string of the molecule is CC1(C)CCc2cc(C(=O)CN)c(F)cc2O1. The van der Waals surface area contributed by atoms with E-state index in [1.54, 1.807) is 6.07 Å². The van der Waals surface area contributed by atoms with Crippen molar-refractivity contribution >= 4 is 5.78 Å². The molecule has 1 heterocycles. The lowest BCUT2D eigenvalue weighted by atomic mass is 9.92. The van der Waals surface area contributed by atoms with E-state index in [9.17, 15) is 9.18 Å². The highest BCUT2D eigenvalue weighted by Gasteiger charge is 2.28. The highest BCUT2D eigenvalue weighted by molar-refractivity contribution is 5.98. The van der Waals surface area contributed by atoms with Crippen LogP contribution in [0.15, 0.2) is 12.1 Å². The number of halogens is 1. The molecule has 0 unspecified atom stereocenters. The number of nitrogens with two attached hydrogens (primary N) is 1. The number of Topliss-reactive ketones (excluding diaryl/α,β-unsaturated/α-hetero) is 1. The molecular weight excluding hydrogens is 221 g/mol. The maximum atomic E-state index is 13.7. The van der Waals surface area contributed by atoms with E-state index >= 15 is 0 Å². The Labute approximate surface area is 99.8 Å². The first-order chi connectivity index (χ1) is 7.93. The smallest absolute Gasteiger partial charge is 0.179 e. The van der Waals surface area contributed by atoms with Gasteiger partial charge in [-0.05, 0) is 38.3 Å². The zero-order valence-electron chi connectivity index (χ0n) is 10.0. The predicted octanol–water partition coefficient (Wildman–Crippen LogP) is 2.07. The molecule has 0 amide bonds. The average molecular weight is 237 g/mol. The molecule has 1 aromatic rings. The fourth-order valence-corrected chi connectivity index (χ4v) is 2.00. The molecule has 3 nitrogen and oxygen atoms in total. The number of ketones is 1. The van der Waals surface area contributed by atoms with Crippen LogP contribution in [0.4, 0.5) is 4.39 Å². The molecule has 2 rings (SSSR count). The van der Waals surface area contributed by atoms with Gasteiger partial charge in [-0.3, -0.25) is 4.79 Å². The van der Waals surface area contributed by atoms with E-state index in [1.807, 2.05) is 13.8 Å². The van der Waals surface area contributed by atoms with Crippen LogP contribution >= 0.6 is 0 Å². The van der Waals surface area contributed by atoms with Crippen molar-refractivity contribution < 1.29 is 13.9 Å². The molecule has 0 atom stereocenters. The molecule has 0 radical (unpaired) electrons. The number of aryl methyl sites for hydroxylation is 1. The van der Waals surface area contributed by atoms with Crippen molar-refractivity contribution in [2.24, 2.45) is 5.73 Å². The fraction of sp³-hybridized carbons (Fsp3) is 0.462. The Balaban J connectivity index is 2.42. The molecule has 1 aromatic carbocycles. The maximum Gasteiger partial charge on any atom is 0.179 e. The Bertz CT molecular complexity index is 469. The average Bonchev–Trinajstić information content (AvgIpc) is 2.26. The van der Waals surface area contributed by atoms with Gasteiger partial charge in [0.15, 0.2) is 5.78 Å². The number of hydrogen-bond donors (Lipinski definition) is 1. The minimum atomic E-state index is -0.558. The lowest BCUT2D eigenvalue weighted by Gasteiger charge is -2.32. The van der Waals surface area contributed by atoms with Gasteiger partial charge in [-0.1, -0.05) is 0 Å². The fourth-order valence-electron chi connectivity index (χ4n) is 2.00. The van der Waals surface area contributed by atoms with Gasteiger partial charge < -0.3 is 10.5 Å². The van der Waals surface area contributed by atoms with Crippen molar-refractivity contribution in [1.29, 1.82) is 0 Å². The molecule has 0 aliphatic carbocycles. The first kappa shape index (κ1) is 12.0. The number of hydrogen-bond acceptors (Lipinski definition) is 3. The van der Waals surface area contributed by atoms with Crippen LogP contribution in [-0.2, 0) is 6.42 Å². The Kier molecular flexibility index (Phi) is 2.91. The molecule has 0 aromatic heterocycles. The Hall–Kier alpha value is -1.42. The lowest BCUT2D eigenvalue weighted by molar-refractivity contribution is 0.0840. The Morgan fingerprint density at radius 2 is 2.24 bits per heavy atom. The summed E-state index contributed by atoms with van der Waals surface area (Å²) >= 11 is 0. The highest BCUT2D eigenvalue weighted by atomic mass is 19.1. The van der Waals surface area contributed by atoms with E-state index in [0.29, 0.717) is 5.75 Å². The van der Waals surface area contributed by atoms with Crippen LogP contribution in [0.2, 0.25) is 0 Å². The number of carbonyl (C=O) groups excluding carboxylic acids is 1. The second-order valence-electron chi connectivity index (χ2n) is 4.93. The van der Waals surface area contributed by atoms with Crippen LogP contribution in [0, 0.1) is 5.82 Å². The molecular formula is C13H16FNO2. The molecule has 17 heavy (non-hydrogen) atoms. The van der Waals surface area contributed by atoms with E-state index in [1.165, 1.54) is 6.07 Å². The minimum Gasteiger partial charge on any atom is -0.487 e. The van der Waals surface area contributed by atoms with E-state index in [2.05, 4.69) is 0 Å². The van der Waals surface area contributed by atoms with Gasteiger partial charge in [0.25, 0.3) is 0 Å². The molecule has 0 fully saturated rings. The quantitative estimate of drug-likeness (QED) is 0.801. The van der Waals surface area contributed by atoms with Crippen molar-refractivity contribution in [2.75, 3.05) is 6.54 Å². The van der Waals surface area contributed by atoms with Crippen LogP contribution in [-0.4, -0.2) is 17.9 Å². The topological polar surface area (TPSA) is 52.3 Å². The van der Waals surface area contributed by atoms with E-state index in [-0.39, 0.29) is 23.5 Å². The van der Waals surface area contributed by atoms with Crippen molar-refractivity contribution in [3.63, 3.8) is 0 Å². The third-order valence-corrected chi connectivity index (χ3v) is 3.02. The second kappa shape index (κ2) is 4.11. The third-order valence-electron chi connectivity index (χ3n) is 3.02. The van der Waals surface area contributed by atoms with Gasteiger partial charge in [0.1, 0.15) is 17.2 Å².